The molecular formula is C10H12Cl2N2O. The van der Waals surface area contributed by atoms with Gasteiger partial charge in [-0.3, -0.25) is 4.79 Å². The maximum Gasteiger partial charge on any atom is 0.225 e. The summed E-state index contributed by atoms with van der Waals surface area (Å²) >= 11 is 11.9. The van der Waals surface area contributed by atoms with Crippen LogP contribution in [0.2, 0.25) is 10.0 Å². The highest BCUT2D eigenvalue weighted by molar-refractivity contribution is 6.36. The van der Waals surface area contributed by atoms with Gasteiger partial charge in [-0.2, -0.15) is 0 Å². The summed E-state index contributed by atoms with van der Waals surface area (Å²) in [5, 5.41) is 3.69. The molecule has 3 N–H and O–H groups in total. The van der Waals surface area contributed by atoms with Crippen molar-refractivity contribution in [2.75, 3.05) is 11.9 Å². The second kappa shape index (κ2) is 5.35. The van der Waals surface area contributed by atoms with E-state index >= 15 is 0 Å². The molecule has 0 aliphatic rings. The van der Waals surface area contributed by atoms with E-state index in [0.29, 0.717) is 22.3 Å². The van der Waals surface area contributed by atoms with E-state index in [1.54, 1.807) is 12.1 Å². The number of anilines is 1. The molecule has 0 aliphatic carbocycles. The number of nitrogens with two attached hydrogens (primary N) is 1. The van der Waals surface area contributed by atoms with Gasteiger partial charge in [-0.1, -0.05) is 23.2 Å². The number of carbonyl (C=O) groups is 1. The minimum absolute atomic E-state index is 0.167. The van der Waals surface area contributed by atoms with Crippen LogP contribution in [-0.4, -0.2) is 12.5 Å². The Morgan fingerprint density at radius 2 is 2.07 bits per heavy atom. The predicted octanol–water partition coefficient (Wildman–Crippen LogP) is 2.59. The van der Waals surface area contributed by atoms with Crippen molar-refractivity contribution in [3.63, 3.8) is 0 Å². The summed E-state index contributed by atoms with van der Waals surface area (Å²) in [6.07, 6.45) is 0.266. The number of aryl methyl sites for hydroxylation is 1. The highest BCUT2D eigenvalue weighted by Crippen LogP contribution is 2.28. The molecule has 0 aliphatic heterocycles. The van der Waals surface area contributed by atoms with Gasteiger partial charge in [0.15, 0.2) is 0 Å². The molecule has 0 radical (unpaired) electrons. The number of amides is 1. The molecule has 5 heteroatoms. The van der Waals surface area contributed by atoms with Crippen molar-refractivity contribution in [3.05, 3.63) is 27.7 Å². The van der Waals surface area contributed by atoms with E-state index in [0.717, 1.165) is 5.56 Å². The molecule has 0 aromatic heterocycles. The molecule has 82 valence electrons. The zero-order chi connectivity index (χ0) is 11.4. The van der Waals surface area contributed by atoms with E-state index in [-0.39, 0.29) is 12.3 Å². The maximum absolute atomic E-state index is 11.3. The van der Waals surface area contributed by atoms with E-state index in [1.807, 2.05) is 6.92 Å². The Kier molecular flexibility index (Phi) is 4.39. The quantitative estimate of drug-likeness (QED) is 0.862. The van der Waals surface area contributed by atoms with Crippen molar-refractivity contribution >= 4 is 34.8 Å². The van der Waals surface area contributed by atoms with Crippen LogP contribution in [0.1, 0.15) is 12.0 Å². The van der Waals surface area contributed by atoms with Crippen LogP contribution in [0, 0.1) is 6.92 Å². The smallest absolute Gasteiger partial charge is 0.225 e. The van der Waals surface area contributed by atoms with Crippen molar-refractivity contribution in [3.8, 4) is 0 Å². The number of hydrogen-bond acceptors (Lipinski definition) is 2. The normalized spacial score (nSPS) is 10.1. The number of nitrogens with one attached hydrogen (secondary N) is 1. The fraction of sp³-hybridized carbons (Fsp3) is 0.300. The molecule has 0 heterocycles. The van der Waals surface area contributed by atoms with E-state index in [4.69, 9.17) is 28.9 Å². The highest BCUT2D eigenvalue weighted by atomic mass is 35.5. The summed E-state index contributed by atoms with van der Waals surface area (Å²) in [7, 11) is 0. The highest BCUT2D eigenvalue weighted by Gasteiger charge is 2.07. The first-order valence-corrected chi connectivity index (χ1v) is 5.25. The lowest BCUT2D eigenvalue weighted by Crippen LogP contribution is -2.16. The van der Waals surface area contributed by atoms with E-state index < -0.39 is 0 Å². The third-order valence-corrected chi connectivity index (χ3v) is 2.61. The van der Waals surface area contributed by atoms with Gasteiger partial charge >= 0.3 is 0 Å². The first-order chi connectivity index (χ1) is 7.04. The lowest BCUT2D eigenvalue weighted by atomic mass is 10.2. The zero-order valence-corrected chi connectivity index (χ0v) is 9.82. The molecule has 1 aromatic carbocycles. The van der Waals surface area contributed by atoms with Gasteiger partial charge in [0, 0.05) is 18.0 Å². The van der Waals surface area contributed by atoms with Crippen LogP contribution >= 0.6 is 23.2 Å². The molecule has 1 aromatic rings. The van der Waals surface area contributed by atoms with Crippen molar-refractivity contribution in [2.45, 2.75) is 13.3 Å². The topological polar surface area (TPSA) is 55.1 Å². The summed E-state index contributed by atoms with van der Waals surface area (Å²) in [4.78, 5) is 11.3. The Hall–Kier alpha value is -0.770. The maximum atomic E-state index is 11.3. The molecule has 15 heavy (non-hydrogen) atoms. The molecule has 1 rings (SSSR count). The molecule has 3 nitrogen and oxygen atoms in total. The number of carbonyl (C=O) groups excluding carboxylic acids is 1. The van der Waals surface area contributed by atoms with Crippen molar-refractivity contribution in [1.82, 2.24) is 0 Å². The van der Waals surface area contributed by atoms with E-state index in [9.17, 15) is 4.79 Å². The van der Waals surface area contributed by atoms with Gasteiger partial charge in [-0.15, -0.1) is 0 Å². The largest absolute Gasteiger partial charge is 0.330 e. The molecule has 0 fully saturated rings. The van der Waals surface area contributed by atoms with E-state index in [2.05, 4.69) is 5.32 Å². The van der Waals surface area contributed by atoms with Gasteiger partial charge in [0.05, 0.1) is 10.7 Å². The van der Waals surface area contributed by atoms with E-state index in [1.165, 1.54) is 0 Å². The molecule has 1 amide bonds. The van der Waals surface area contributed by atoms with Crippen LogP contribution in [0.15, 0.2) is 12.1 Å². The molecule has 0 saturated heterocycles. The minimum atomic E-state index is -0.167. The SMILES string of the molecule is Cc1cc(Cl)c(NC(=O)CCN)cc1Cl. The summed E-state index contributed by atoms with van der Waals surface area (Å²) in [6.45, 7) is 2.16. The van der Waals surface area contributed by atoms with Crippen molar-refractivity contribution in [2.24, 2.45) is 5.73 Å². The average molecular weight is 247 g/mol. The number of benzene rings is 1. The Balaban J connectivity index is 2.86. The first-order valence-electron chi connectivity index (χ1n) is 4.50. The Morgan fingerprint density at radius 1 is 1.40 bits per heavy atom. The summed E-state index contributed by atoms with van der Waals surface area (Å²) in [6, 6.07) is 3.34. The van der Waals surface area contributed by atoms with Gasteiger partial charge in [0.2, 0.25) is 5.91 Å². The fourth-order valence-corrected chi connectivity index (χ4v) is 1.51. The van der Waals surface area contributed by atoms with Crippen LogP contribution < -0.4 is 11.1 Å². The monoisotopic (exact) mass is 246 g/mol. The number of hydrogen-bond donors (Lipinski definition) is 2. The Morgan fingerprint density at radius 3 is 2.67 bits per heavy atom. The number of halogens is 2. The van der Waals surface area contributed by atoms with Gasteiger partial charge in [0.25, 0.3) is 0 Å². The molecule has 0 saturated carbocycles. The molecule has 0 atom stereocenters. The Labute approximate surface area is 98.5 Å². The summed E-state index contributed by atoms with van der Waals surface area (Å²) < 4.78 is 0. The van der Waals surface area contributed by atoms with Crippen molar-refractivity contribution < 1.29 is 4.79 Å². The van der Waals surface area contributed by atoms with Crippen LogP contribution in [0.3, 0.4) is 0 Å². The van der Waals surface area contributed by atoms with Gasteiger partial charge in [-0.25, -0.2) is 0 Å². The third kappa shape index (κ3) is 3.38. The Bertz CT molecular complexity index is 380. The van der Waals surface area contributed by atoms with Crippen molar-refractivity contribution in [1.29, 1.82) is 0 Å². The molecule has 0 spiro atoms. The van der Waals surface area contributed by atoms with Crippen LogP contribution in [0.5, 0.6) is 0 Å². The summed E-state index contributed by atoms with van der Waals surface area (Å²) in [5.41, 5.74) is 6.65. The minimum Gasteiger partial charge on any atom is -0.330 e. The van der Waals surface area contributed by atoms with Crippen LogP contribution in [0.25, 0.3) is 0 Å². The molecule has 0 unspecified atom stereocenters. The second-order valence-corrected chi connectivity index (χ2v) is 3.98. The van der Waals surface area contributed by atoms with Crippen LogP contribution in [-0.2, 0) is 4.79 Å². The van der Waals surface area contributed by atoms with Gasteiger partial charge < -0.3 is 11.1 Å². The summed E-state index contributed by atoms with van der Waals surface area (Å²) in [5.74, 6) is -0.167. The molecule has 0 bridgehead atoms. The number of rotatable bonds is 3. The lowest BCUT2D eigenvalue weighted by molar-refractivity contribution is -0.116. The standard InChI is InChI=1S/C10H12Cl2N2O/c1-6-4-8(12)9(5-7(6)11)14-10(15)2-3-13/h4-5H,2-3,13H2,1H3,(H,14,15). The predicted molar refractivity (Wildman–Crippen MR) is 63.5 cm³/mol. The first kappa shape index (κ1) is 12.3. The third-order valence-electron chi connectivity index (χ3n) is 1.89. The molecular weight excluding hydrogens is 235 g/mol. The average Bonchev–Trinajstić information content (AvgIpc) is 2.14. The fourth-order valence-electron chi connectivity index (χ4n) is 1.09. The van der Waals surface area contributed by atoms with Crippen LogP contribution in [0.4, 0.5) is 5.69 Å². The van der Waals surface area contributed by atoms with Gasteiger partial charge in [-0.05, 0) is 24.6 Å². The lowest BCUT2D eigenvalue weighted by Gasteiger charge is -2.08. The second-order valence-electron chi connectivity index (χ2n) is 3.17. The van der Waals surface area contributed by atoms with Gasteiger partial charge in [0.1, 0.15) is 0 Å². The zero-order valence-electron chi connectivity index (χ0n) is 8.31.